The molecule has 3 heteroatoms. The lowest BCUT2D eigenvalue weighted by Crippen LogP contribution is -2.63. The van der Waals surface area contributed by atoms with Crippen LogP contribution in [0.15, 0.2) is 18.2 Å². The molecule has 1 N–H and O–H groups in total. The van der Waals surface area contributed by atoms with Gasteiger partial charge in [-0.15, -0.1) is 0 Å². The molecule has 3 nitrogen and oxygen atoms in total. The lowest BCUT2D eigenvalue weighted by molar-refractivity contribution is -0.115. The van der Waals surface area contributed by atoms with E-state index in [0.717, 1.165) is 25.4 Å². The zero-order chi connectivity index (χ0) is 13.5. The Kier molecular flexibility index (Phi) is 3.27. The van der Waals surface area contributed by atoms with E-state index in [1.165, 1.54) is 24.0 Å². The first kappa shape index (κ1) is 12.9. The molecule has 0 aromatic heterocycles. The van der Waals surface area contributed by atoms with Gasteiger partial charge in [0.1, 0.15) is 12.4 Å². The van der Waals surface area contributed by atoms with E-state index in [0.29, 0.717) is 12.5 Å². The van der Waals surface area contributed by atoms with E-state index in [4.69, 9.17) is 4.74 Å². The van der Waals surface area contributed by atoms with Crippen LogP contribution in [-0.2, 0) is 0 Å². The van der Waals surface area contributed by atoms with E-state index in [-0.39, 0.29) is 5.60 Å². The minimum atomic E-state index is -0.375. The average molecular weight is 261 g/mol. The predicted octanol–water partition coefficient (Wildman–Crippen LogP) is 2.14. The molecule has 1 aromatic rings. The smallest absolute Gasteiger partial charge is 0.119 e. The molecule has 1 aromatic carbocycles. The standard InChI is InChI=1S/C16H23NO2/c1-12-7-13(2)9-15(8-12)19-6-5-17-10-16(18,11-17)14-3-4-14/h7-9,14,18H,3-6,10-11H2,1-2H3. The number of nitrogens with zero attached hydrogens (tertiary/aromatic N) is 1. The summed E-state index contributed by atoms with van der Waals surface area (Å²) in [6, 6.07) is 6.30. The van der Waals surface area contributed by atoms with Gasteiger partial charge < -0.3 is 9.84 Å². The highest BCUT2D eigenvalue weighted by Gasteiger charge is 2.51. The van der Waals surface area contributed by atoms with Crippen LogP contribution in [-0.4, -0.2) is 41.8 Å². The maximum atomic E-state index is 10.2. The fourth-order valence-electron chi connectivity index (χ4n) is 3.07. The summed E-state index contributed by atoms with van der Waals surface area (Å²) in [5.74, 6) is 1.53. The molecule has 0 amide bonds. The number of hydrogen-bond acceptors (Lipinski definition) is 3. The van der Waals surface area contributed by atoms with E-state index in [1.54, 1.807) is 0 Å². The number of hydrogen-bond donors (Lipinski definition) is 1. The lowest BCUT2D eigenvalue weighted by Gasteiger charge is -2.47. The quantitative estimate of drug-likeness (QED) is 0.881. The number of aryl methyl sites for hydroxylation is 2. The van der Waals surface area contributed by atoms with Crippen LogP contribution in [0.5, 0.6) is 5.75 Å². The molecular formula is C16H23NO2. The minimum Gasteiger partial charge on any atom is -0.492 e. The number of benzene rings is 1. The summed E-state index contributed by atoms with van der Waals surface area (Å²) < 4.78 is 5.80. The van der Waals surface area contributed by atoms with Gasteiger partial charge in [-0.25, -0.2) is 0 Å². The summed E-state index contributed by atoms with van der Waals surface area (Å²) in [7, 11) is 0. The van der Waals surface area contributed by atoms with Crippen molar-refractivity contribution in [2.75, 3.05) is 26.2 Å². The fourth-order valence-corrected chi connectivity index (χ4v) is 3.07. The highest BCUT2D eigenvalue weighted by atomic mass is 16.5. The molecular weight excluding hydrogens is 238 g/mol. The van der Waals surface area contributed by atoms with Gasteiger partial charge in [0.2, 0.25) is 0 Å². The van der Waals surface area contributed by atoms with Gasteiger partial charge in [0.15, 0.2) is 0 Å². The molecule has 0 radical (unpaired) electrons. The Morgan fingerprint density at radius 2 is 1.84 bits per heavy atom. The molecule has 1 aliphatic carbocycles. The fraction of sp³-hybridized carbons (Fsp3) is 0.625. The Hall–Kier alpha value is -1.06. The van der Waals surface area contributed by atoms with Gasteiger partial charge in [0, 0.05) is 19.6 Å². The summed E-state index contributed by atoms with van der Waals surface area (Å²) in [4.78, 5) is 2.28. The Labute approximate surface area is 115 Å². The molecule has 2 fully saturated rings. The Morgan fingerprint density at radius 1 is 1.21 bits per heavy atom. The SMILES string of the molecule is Cc1cc(C)cc(OCCN2CC(O)(C3CC3)C2)c1. The molecule has 1 saturated carbocycles. The Morgan fingerprint density at radius 3 is 2.42 bits per heavy atom. The van der Waals surface area contributed by atoms with Crippen LogP contribution in [0, 0.1) is 19.8 Å². The normalized spacial score (nSPS) is 22.1. The monoisotopic (exact) mass is 261 g/mol. The van der Waals surface area contributed by atoms with Gasteiger partial charge in [-0.05, 0) is 55.9 Å². The summed E-state index contributed by atoms with van der Waals surface area (Å²) >= 11 is 0. The average Bonchev–Trinajstić information content (AvgIpc) is 3.08. The van der Waals surface area contributed by atoms with E-state index >= 15 is 0 Å². The van der Waals surface area contributed by atoms with Crippen LogP contribution < -0.4 is 4.74 Å². The van der Waals surface area contributed by atoms with E-state index in [2.05, 4.69) is 36.9 Å². The van der Waals surface area contributed by atoms with E-state index < -0.39 is 0 Å². The van der Waals surface area contributed by atoms with Crippen molar-refractivity contribution in [2.45, 2.75) is 32.3 Å². The number of β-amino-alcohol motifs (C(OH)–C–C–N with tert-alkyl or cyclic N) is 1. The summed E-state index contributed by atoms with van der Waals surface area (Å²) in [6.45, 7) is 7.43. The van der Waals surface area contributed by atoms with Crippen molar-refractivity contribution in [3.8, 4) is 5.75 Å². The van der Waals surface area contributed by atoms with Crippen molar-refractivity contribution in [1.82, 2.24) is 4.90 Å². The third kappa shape index (κ3) is 2.93. The van der Waals surface area contributed by atoms with Crippen LogP contribution in [0.2, 0.25) is 0 Å². The Balaban J connectivity index is 1.42. The summed E-state index contributed by atoms with van der Waals surface area (Å²) in [6.07, 6.45) is 2.42. The van der Waals surface area contributed by atoms with Crippen LogP contribution in [0.3, 0.4) is 0 Å². The van der Waals surface area contributed by atoms with Gasteiger partial charge in [-0.1, -0.05) is 6.07 Å². The maximum absolute atomic E-state index is 10.2. The van der Waals surface area contributed by atoms with Gasteiger partial charge in [-0.2, -0.15) is 0 Å². The zero-order valence-electron chi connectivity index (χ0n) is 11.9. The number of ether oxygens (including phenoxy) is 1. The summed E-state index contributed by atoms with van der Waals surface area (Å²) in [5.41, 5.74) is 2.10. The molecule has 0 bridgehead atoms. The zero-order valence-corrected chi connectivity index (χ0v) is 11.9. The van der Waals surface area contributed by atoms with E-state index in [1.807, 2.05) is 0 Å². The molecule has 104 valence electrons. The predicted molar refractivity (Wildman–Crippen MR) is 75.5 cm³/mol. The third-order valence-corrected chi connectivity index (χ3v) is 4.20. The van der Waals surface area contributed by atoms with Gasteiger partial charge in [-0.3, -0.25) is 4.90 Å². The number of rotatable bonds is 5. The number of likely N-dealkylation sites (tertiary alicyclic amines) is 1. The Bertz CT molecular complexity index is 442. The second-order valence-corrected chi connectivity index (χ2v) is 6.26. The lowest BCUT2D eigenvalue weighted by atomic mass is 9.89. The molecule has 2 aliphatic rings. The first-order valence-corrected chi connectivity index (χ1v) is 7.21. The van der Waals surface area contributed by atoms with E-state index in [9.17, 15) is 5.11 Å². The molecule has 1 aliphatic heterocycles. The van der Waals surface area contributed by atoms with Crippen molar-refractivity contribution in [3.05, 3.63) is 29.3 Å². The largest absolute Gasteiger partial charge is 0.492 e. The number of aliphatic hydroxyl groups is 1. The van der Waals surface area contributed by atoms with Crippen molar-refractivity contribution in [1.29, 1.82) is 0 Å². The van der Waals surface area contributed by atoms with Crippen LogP contribution in [0.1, 0.15) is 24.0 Å². The van der Waals surface area contributed by atoms with Crippen molar-refractivity contribution in [3.63, 3.8) is 0 Å². The molecule has 0 spiro atoms. The molecule has 3 rings (SSSR count). The van der Waals surface area contributed by atoms with Gasteiger partial charge in [0.25, 0.3) is 0 Å². The minimum absolute atomic E-state index is 0.375. The first-order valence-electron chi connectivity index (χ1n) is 7.21. The highest BCUT2D eigenvalue weighted by Crippen LogP contribution is 2.44. The highest BCUT2D eigenvalue weighted by molar-refractivity contribution is 5.32. The van der Waals surface area contributed by atoms with Crippen LogP contribution >= 0.6 is 0 Å². The summed E-state index contributed by atoms with van der Waals surface area (Å²) in [5, 5.41) is 10.2. The molecule has 1 heterocycles. The van der Waals surface area contributed by atoms with Gasteiger partial charge >= 0.3 is 0 Å². The van der Waals surface area contributed by atoms with Gasteiger partial charge in [0.05, 0.1) is 5.60 Å². The van der Waals surface area contributed by atoms with Crippen molar-refractivity contribution >= 4 is 0 Å². The van der Waals surface area contributed by atoms with Crippen LogP contribution in [0.25, 0.3) is 0 Å². The molecule has 19 heavy (non-hydrogen) atoms. The molecule has 0 unspecified atom stereocenters. The first-order chi connectivity index (χ1) is 9.05. The van der Waals surface area contributed by atoms with Crippen molar-refractivity contribution < 1.29 is 9.84 Å². The molecule has 1 saturated heterocycles. The third-order valence-electron chi connectivity index (χ3n) is 4.20. The second kappa shape index (κ2) is 4.80. The van der Waals surface area contributed by atoms with Crippen molar-refractivity contribution in [2.24, 2.45) is 5.92 Å². The maximum Gasteiger partial charge on any atom is 0.119 e. The molecule has 0 atom stereocenters. The topological polar surface area (TPSA) is 32.7 Å². The second-order valence-electron chi connectivity index (χ2n) is 6.26. The van der Waals surface area contributed by atoms with Crippen LogP contribution in [0.4, 0.5) is 0 Å².